The Labute approximate surface area is 140 Å². The first-order valence-electron chi connectivity index (χ1n) is 6.64. The minimum atomic E-state index is -0.626. The summed E-state index contributed by atoms with van der Waals surface area (Å²) in [6, 6.07) is 7.48. The van der Waals surface area contributed by atoms with Crippen molar-refractivity contribution >= 4 is 34.9 Å². The van der Waals surface area contributed by atoms with Crippen molar-refractivity contribution in [3.8, 4) is 0 Å². The van der Waals surface area contributed by atoms with E-state index in [1.807, 2.05) is 24.3 Å². The lowest BCUT2D eigenvalue weighted by Gasteiger charge is -2.02. The predicted molar refractivity (Wildman–Crippen MR) is 87.5 cm³/mol. The van der Waals surface area contributed by atoms with Crippen LogP contribution in [0.25, 0.3) is 5.65 Å². The summed E-state index contributed by atoms with van der Waals surface area (Å²) in [5.74, 6) is 0.0274. The number of hydrogen-bond acceptors (Lipinski definition) is 5. The summed E-state index contributed by atoms with van der Waals surface area (Å²) in [6.45, 7) is -0.262. The Morgan fingerprint density at radius 1 is 1.30 bits per heavy atom. The molecule has 118 valence electrons. The highest BCUT2D eigenvalue weighted by molar-refractivity contribution is 7.98. The van der Waals surface area contributed by atoms with Gasteiger partial charge in [-0.15, -0.1) is 5.10 Å². The molecule has 0 unspecified atom stereocenters. The van der Waals surface area contributed by atoms with Crippen LogP contribution in [0.2, 0.25) is 5.02 Å². The van der Waals surface area contributed by atoms with Crippen molar-refractivity contribution in [2.24, 2.45) is 5.73 Å². The first-order chi connectivity index (χ1) is 11.0. The fourth-order valence-electron chi connectivity index (χ4n) is 2.01. The number of rotatable bonds is 5. The molecule has 23 heavy (non-hydrogen) atoms. The summed E-state index contributed by atoms with van der Waals surface area (Å²) in [4.78, 5) is 27.4. The van der Waals surface area contributed by atoms with Gasteiger partial charge in [0.1, 0.15) is 11.6 Å². The van der Waals surface area contributed by atoms with Gasteiger partial charge < -0.3 is 5.73 Å². The van der Waals surface area contributed by atoms with E-state index in [1.54, 1.807) is 0 Å². The maximum Gasteiger partial charge on any atom is 0.350 e. The molecule has 3 rings (SSSR count). The lowest BCUT2D eigenvalue weighted by atomic mass is 10.2. The third-order valence-corrected chi connectivity index (χ3v) is 4.35. The number of benzene rings is 1. The second-order valence-electron chi connectivity index (χ2n) is 4.75. The average molecular weight is 350 g/mol. The van der Waals surface area contributed by atoms with Crippen molar-refractivity contribution in [3.63, 3.8) is 0 Å². The maximum atomic E-state index is 12.1. The van der Waals surface area contributed by atoms with Gasteiger partial charge in [-0.1, -0.05) is 35.5 Å². The Kier molecular flexibility index (Phi) is 4.35. The van der Waals surface area contributed by atoms with Gasteiger partial charge in [0, 0.05) is 23.2 Å². The molecular weight excluding hydrogens is 338 g/mol. The Bertz CT molecular complexity index is 919. The van der Waals surface area contributed by atoms with Gasteiger partial charge in [-0.3, -0.25) is 4.79 Å². The molecule has 3 aromatic rings. The molecule has 0 atom stereocenters. The molecule has 0 aliphatic carbocycles. The number of carbonyl (C=O) groups is 1. The molecule has 0 spiro atoms. The van der Waals surface area contributed by atoms with Crippen LogP contribution in [0.5, 0.6) is 0 Å². The topological polar surface area (TPSA) is 95.3 Å². The molecule has 0 bridgehead atoms. The summed E-state index contributed by atoms with van der Waals surface area (Å²) >= 11 is 7.30. The second-order valence-corrected chi connectivity index (χ2v) is 6.15. The van der Waals surface area contributed by atoms with E-state index in [0.29, 0.717) is 21.4 Å². The van der Waals surface area contributed by atoms with Gasteiger partial charge in [-0.2, -0.15) is 0 Å². The third-order valence-electron chi connectivity index (χ3n) is 3.06. The highest BCUT2D eigenvalue weighted by Crippen LogP contribution is 2.24. The predicted octanol–water partition coefficient (Wildman–Crippen LogP) is 1.32. The molecular formula is C14H12ClN5O2S. The zero-order valence-corrected chi connectivity index (χ0v) is 13.4. The summed E-state index contributed by atoms with van der Waals surface area (Å²) in [7, 11) is 0. The maximum absolute atomic E-state index is 12.1. The number of fused-ring (bicyclic) bond motifs is 1. The average Bonchev–Trinajstić information content (AvgIpc) is 2.83. The fourth-order valence-corrected chi connectivity index (χ4v) is 3.04. The SMILES string of the molecule is NC(=O)Cn1nc2c(SCc3ccc(Cl)cc3)nccn2c1=O. The molecule has 2 heterocycles. The van der Waals surface area contributed by atoms with E-state index in [0.717, 1.165) is 10.2 Å². The Hall–Kier alpha value is -2.32. The van der Waals surface area contributed by atoms with E-state index < -0.39 is 11.6 Å². The molecule has 0 radical (unpaired) electrons. The molecule has 9 heteroatoms. The largest absolute Gasteiger partial charge is 0.368 e. The van der Waals surface area contributed by atoms with E-state index in [4.69, 9.17) is 17.3 Å². The van der Waals surface area contributed by atoms with E-state index in [9.17, 15) is 9.59 Å². The summed E-state index contributed by atoms with van der Waals surface area (Å²) < 4.78 is 2.38. The zero-order valence-electron chi connectivity index (χ0n) is 11.8. The van der Waals surface area contributed by atoms with Crippen LogP contribution in [0.3, 0.4) is 0 Å². The molecule has 0 aliphatic heterocycles. The number of nitrogens with zero attached hydrogens (tertiary/aromatic N) is 4. The molecule has 7 nitrogen and oxygen atoms in total. The van der Waals surface area contributed by atoms with Crippen molar-refractivity contribution in [3.05, 3.63) is 57.7 Å². The molecule has 0 fully saturated rings. The highest BCUT2D eigenvalue weighted by Gasteiger charge is 2.13. The Morgan fingerprint density at radius 3 is 2.74 bits per heavy atom. The normalized spacial score (nSPS) is 11.0. The van der Waals surface area contributed by atoms with Crippen LogP contribution in [0.15, 0.2) is 46.5 Å². The van der Waals surface area contributed by atoms with Gasteiger partial charge in [0.15, 0.2) is 5.65 Å². The number of primary amides is 1. The van der Waals surface area contributed by atoms with Gasteiger partial charge in [-0.25, -0.2) is 18.9 Å². The van der Waals surface area contributed by atoms with Crippen LogP contribution in [0.1, 0.15) is 5.56 Å². The van der Waals surface area contributed by atoms with E-state index >= 15 is 0 Å². The van der Waals surface area contributed by atoms with Crippen LogP contribution < -0.4 is 11.4 Å². The van der Waals surface area contributed by atoms with Gasteiger partial charge >= 0.3 is 5.69 Å². The van der Waals surface area contributed by atoms with Gasteiger partial charge in [0.25, 0.3) is 0 Å². The van der Waals surface area contributed by atoms with Gasteiger partial charge in [0.05, 0.1) is 0 Å². The van der Waals surface area contributed by atoms with Crippen LogP contribution in [0.4, 0.5) is 0 Å². The number of nitrogens with two attached hydrogens (primary N) is 1. The smallest absolute Gasteiger partial charge is 0.350 e. The number of thioether (sulfide) groups is 1. The second kappa shape index (κ2) is 6.43. The van der Waals surface area contributed by atoms with E-state index in [1.165, 1.54) is 28.6 Å². The summed E-state index contributed by atoms with van der Waals surface area (Å²) in [5, 5.41) is 5.42. The molecule has 1 aromatic carbocycles. The zero-order chi connectivity index (χ0) is 16.4. The van der Waals surface area contributed by atoms with Crippen molar-refractivity contribution in [2.75, 3.05) is 0 Å². The number of carbonyl (C=O) groups excluding carboxylic acids is 1. The van der Waals surface area contributed by atoms with Crippen molar-refractivity contribution in [1.82, 2.24) is 19.2 Å². The molecule has 2 aromatic heterocycles. The highest BCUT2D eigenvalue weighted by atomic mass is 35.5. The molecule has 0 saturated carbocycles. The Morgan fingerprint density at radius 2 is 2.04 bits per heavy atom. The fraction of sp³-hybridized carbons (Fsp3) is 0.143. The molecule has 2 N–H and O–H groups in total. The number of halogens is 1. The van der Waals surface area contributed by atoms with Crippen LogP contribution in [-0.2, 0) is 17.1 Å². The standard InChI is InChI=1S/C14H12ClN5O2S/c15-10-3-1-9(2-4-10)8-23-13-12-18-20(7-11(16)21)14(22)19(12)6-5-17-13/h1-6H,7-8H2,(H2,16,21). The van der Waals surface area contributed by atoms with E-state index in [-0.39, 0.29) is 6.54 Å². The van der Waals surface area contributed by atoms with Crippen molar-refractivity contribution in [2.45, 2.75) is 17.3 Å². The molecule has 0 saturated heterocycles. The minimum Gasteiger partial charge on any atom is -0.368 e. The quantitative estimate of drug-likeness (QED) is 0.701. The van der Waals surface area contributed by atoms with Gasteiger partial charge in [-0.05, 0) is 17.7 Å². The Balaban J connectivity index is 1.90. The van der Waals surface area contributed by atoms with Crippen LogP contribution in [-0.4, -0.2) is 25.1 Å². The van der Waals surface area contributed by atoms with E-state index in [2.05, 4.69) is 10.1 Å². The van der Waals surface area contributed by atoms with Crippen LogP contribution >= 0.6 is 23.4 Å². The number of aromatic nitrogens is 4. The summed E-state index contributed by atoms with van der Waals surface area (Å²) in [5.41, 5.74) is 6.17. The van der Waals surface area contributed by atoms with Crippen molar-refractivity contribution < 1.29 is 4.79 Å². The first kappa shape index (κ1) is 15.6. The number of amides is 1. The van der Waals surface area contributed by atoms with Gasteiger partial charge in [0.2, 0.25) is 5.91 Å². The molecule has 0 aliphatic rings. The van der Waals surface area contributed by atoms with Crippen LogP contribution in [0, 0.1) is 0 Å². The lowest BCUT2D eigenvalue weighted by Crippen LogP contribution is -2.28. The van der Waals surface area contributed by atoms with Crippen molar-refractivity contribution in [1.29, 1.82) is 0 Å². The summed E-state index contributed by atoms with van der Waals surface area (Å²) in [6.07, 6.45) is 3.03. The minimum absolute atomic E-state index is 0.262. The third kappa shape index (κ3) is 3.38. The first-order valence-corrected chi connectivity index (χ1v) is 8.00. The molecule has 1 amide bonds. The number of hydrogen-bond donors (Lipinski definition) is 1. The lowest BCUT2D eigenvalue weighted by molar-refractivity contribution is -0.118. The monoisotopic (exact) mass is 349 g/mol.